The predicted octanol–water partition coefficient (Wildman–Crippen LogP) is 0.462. The molecular formula is C8H8N2O2. The molecular weight excluding hydrogens is 156 g/mol. The van der Waals surface area contributed by atoms with Crippen LogP contribution in [0.3, 0.4) is 0 Å². The molecule has 1 rings (SSSR count). The molecule has 1 heterocycles. The van der Waals surface area contributed by atoms with Crippen molar-refractivity contribution in [2.24, 2.45) is 0 Å². The topological polar surface area (TPSA) is 66.0 Å². The van der Waals surface area contributed by atoms with E-state index in [4.69, 9.17) is 9.68 Å². The van der Waals surface area contributed by atoms with Gasteiger partial charge in [0.2, 0.25) is 5.91 Å². The molecule has 4 heteroatoms. The zero-order valence-electron chi connectivity index (χ0n) is 6.41. The maximum Gasteiger partial charge on any atom is 0.225 e. The lowest BCUT2D eigenvalue weighted by Gasteiger charge is -1.96. The van der Waals surface area contributed by atoms with Crippen LogP contribution in [0.15, 0.2) is 23.0 Å². The molecule has 0 saturated carbocycles. The molecule has 0 aliphatic rings. The third kappa shape index (κ3) is 2.46. The third-order valence-electron chi connectivity index (χ3n) is 1.31. The Hall–Kier alpha value is -1.76. The monoisotopic (exact) mass is 164 g/mol. The van der Waals surface area contributed by atoms with Gasteiger partial charge in [-0.05, 0) is 11.6 Å². The molecule has 4 nitrogen and oxygen atoms in total. The van der Waals surface area contributed by atoms with E-state index in [0.29, 0.717) is 0 Å². The molecule has 0 spiro atoms. The van der Waals surface area contributed by atoms with Crippen LogP contribution >= 0.6 is 0 Å². The minimum Gasteiger partial charge on any atom is -0.472 e. The van der Waals surface area contributed by atoms with Gasteiger partial charge in [0.1, 0.15) is 6.54 Å². The van der Waals surface area contributed by atoms with Gasteiger partial charge in [-0.25, -0.2) is 0 Å². The molecule has 0 unspecified atom stereocenters. The molecule has 12 heavy (non-hydrogen) atoms. The number of amides is 1. The second-order valence-corrected chi connectivity index (χ2v) is 2.24. The van der Waals surface area contributed by atoms with Crippen molar-refractivity contribution in [1.82, 2.24) is 5.32 Å². The summed E-state index contributed by atoms with van der Waals surface area (Å²) < 4.78 is 4.77. The molecule has 1 aromatic rings. The van der Waals surface area contributed by atoms with Crippen LogP contribution in [0.25, 0.3) is 0 Å². The summed E-state index contributed by atoms with van der Waals surface area (Å²) in [5, 5.41) is 10.6. The molecule has 62 valence electrons. The van der Waals surface area contributed by atoms with Crippen molar-refractivity contribution in [3.05, 3.63) is 24.2 Å². The molecule has 0 bridgehead atoms. The van der Waals surface area contributed by atoms with Crippen molar-refractivity contribution in [3.8, 4) is 6.07 Å². The second kappa shape index (κ2) is 4.19. The summed E-state index contributed by atoms with van der Waals surface area (Å²) in [5.41, 5.74) is 0.811. The molecule has 0 aromatic carbocycles. The number of carbonyl (C=O) groups excluding carboxylic acids is 1. The smallest absolute Gasteiger partial charge is 0.225 e. The number of rotatable bonds is 3. The largest absolute Gasteiger partial charge is 0.472 e. The number of nitrogens with one attached hydrogen (secondary N) is 1. The first-order valence-electron chi connectivity index (χ1n) is 3.47. The normalized spacial score (nSPS) is 8.92. The van der Waals surface area contributed by atoms with Gasteiger partial charge in [-0.1, -0.05) is 0 Å². The van der Waals surface area contributed by atoms with E-state index in [9.17, 15) is 4.79 Å². The van der Waals surface area contributed by atoms with Crippen LogP contribution < -0.4 is 5.32 Å². The molecule has 1 aromatic heterocycles. The SMILES string of the molecule is N#CCNC(=O)Cc1ccoc1. The lowest BCUT2D eigenvalue weighted by Crippen LogP contribution is -2.24. The van der Waals surface area contributed by atoms with Crippen molar-refractivity contribution in [2.75, 3.05) is 6.54 Å². The average molecular weight is 164 g/mol. The molecule has 0 radical (unpaired) electrons. The molecule has 1 N–H and O–H groups in total. The van der Waals surface area contributed by atoms with Crippen LogP contribution in [-0.2, 0) is 11.2 Å². The van der Waals surface area contributed by atoms with Gasteiger partial charge in [0.15, 0.2) is 0 Å². The second-order valence-electron chi connectivity index (χ2n) is 2.24. The molecule has 0 atom stereocenters. The van der Waals surface area contributed by atoms with Gasteiger partial charge in [0.25, 0.3) is 0 Å². The minimum atomic E-state index is -0.169. The Balaban J connectivity index is 2.33. The van der Waals surface area contributed by atoms with Gasteiger partial charge in [-0.2, -0.15) is 5.26 Å². The first-order chi connectivity index (χ1) is 5.83. The van der Waals surface area contributed by atoms with E-state index in [2.05, 4.69) is 5.32 Å². The van der Waals surface area contributed by atoms with Crippen LogP contribution in [0.5, 0.6) is 0 Å². The fourth-order valence-electron chi connectivity index (χ4n) is 0.779. The number of furan rings is 1. The van der Waals surface area contributed by atoms with Gasteiger partial charge in [0, 0.05) is 0 Å². The highest BCUT2D eigenvalue weighted by atomic mass is 16.3. The maximum absolute atomic E-state index is 11.0. The fraction of sp³-hybridized carbons (Fsp3) is 0.250. The van der Waals surface area contributed by atoms with Crippen LogP contribution in [0.1, 0.15) is 5.56 Å². The van der Waals surface area contributed by atoms with Gasteiger partial charge >= 0.3 is 0 Å². The molecule has 0 aliphatic carbocycles. The lowest BCUT2D eigenvalue weighted by atomic mass is 10.2. The van der Waals surface area contributed by atoms with E-state index in [-0.39, 0.29) is 18.9 Å². The Morgan fingerprint density at radius 3 is 3.17 bits per heavy atom. The summed E-state index contributed by atoms with van der Waals surface area (Å²) in [5.74, 6) is -0.169. The van der Waals surface area contributed by atoms with E-state index in [1.807, 2.05) is 6.07 Å². The minimum absolute atomic E-state index is 0.0523. The molecule has 0 fully saturated rings. The van der Waals surface area contributed by atoms with Crippen LogP contribution in [0.2, 0.25) is 0 Å². The summed E-state index contributed by atoms with van der Waals surface area (Å²) >= 11 is 0. The average Bonchev–Trinajstić information content (AvgIpc) is 2.53. The van der Waals surface area contributed by atoms with Crippen LogP contribution in [-0.4, -0.2) is 12.5 Å². The van der Waals surface area contributed by atoms with E-state index in [1.165, 1.54) is 12.5 Å². The van der Waals surface area contributed by atoms with Crippen LogP contribution in [0.4, 0.5) is 0 Å². The van der Waals surface area contributed by atoms with Crippen molar-refractivity contribution in [1.29, 1.82) is 5.26 Å². The fourth-order valence-corrected chi connectivity index (χ4v) is 0.779. The first kappa shape index (κ1) is 8.34. The summed E-state index contributed by atoms with van der Waals surface area (Å²) in [6, 6.07) is 3.54. The summed E-state index contributed by atoms with van der Waals surface area (Å²) in [6.45, 7) is 0.0523. The van der Waals surface area contributed by atoms with E-state index in [0.717, 1.165) is 5.56 Å². The Morgan fingerprint density at radius 1 is 1.75 bits per heavy atom. The highest BCUT2D eigenvalue weighted by Gasteiger charge is 2.02. The van der Waals surface area contributed by atoms with Gasteiger partial charge in [-0.15, -0.1) is 0 Å². The van der Waals surface area contributed by atoms with Crippen molar-refractivity contribution in [3.63, 3.8) is 0 Å². The molecule has 0 aliphatic heterocycles. The number of nitriles is 1. The summed E-state index contributed by atoms with van der Waals surface area (Å²) in [4.78, 5) is 11.0. The van der Waals surface area contributed by atoms with Gasteiger partial charge < -0.3 is 9.73 Å². The highest BCUT2D eigenvalue weighted by molar-refractivity contribution is 5.78. The van der Waals surface area contributed by atoms with Gasteiger partial charge in [-0.3, -0.25) is 4.79 Å². The Bertz CT molecular complexity index is 285. The summed E-state index contributed by atoms with van der Waals surface area (Å²) in [7, 11) is 0. The quantitative estimate of drug-likeness (QED) is 0.660. The number of carbonyl (C=O) groups is 1. The first-order valence-corrected chi connectivity index (χ1v) is 3.47. The number of hydrogen-bond donors (Lipinski definition) is 1. The standard InChI is InChI=1S/C8H8N2O2/c9-2-3-10-8(11)5-7-1-4-12-6-7/h1,4,6H,3,5H2,(H,10,11). The predicted molar refractivity (Wildman–Crippen MR) is 41.0 cm³/mol. The lowest BCUT2D eigenvalue weighted by molar-refractivity contribution is -0.120. The van der Waals surface area contributed by atoms with E-state index < -0.39 is 0 Å². The molecule has 0 saturated heterocycles. The molecule has 1 amide bonds. The third-order valence-corrected chi connectivity index (χ3v) is 1.31. The summed E-state index contributed by atoms with van der Waals surface area (Å²) in [6.07, 6.45) is 3.27. The Kier molecular flexibility index (Phi) is 2.91. The van der Waals surface area contributed by atoms with E-state index in [1.54, 1.807) is 6.07 Å². The zero-order chi connectivity index (χ0) is 8.81. The Morgan fingerprint density at radius 2 is 2.58 bits per heavy atom. The maximum atomic E-state index is 11.0. The van der Waals surface area contributed by atoms with Crippen molar-refractivity contribution >= 4 is 5.91 Å². The highest BCUT2D eigenvalue weighted by Crippen LogP contribution is 1.99. The van der Waals surface area contributed by atoms with Gasteiger partial charge in [0.05, 0.1) is 25.0 Å². The number of nitrogens with zero attached hydrogens (tertiary/aromatic N) is 1. The van der Waals surface area contributed by atoms with E-state index >= 15 is 0 Å². The Labute approximate surface area is 69.8 Å². The van der Waals surface area contributed by atoms with Crippen molar-refractivity contribution < 1.29 is 9.21 Å². The number of hydrogen-bond acceptors (Lipinski definition) is 3. The zero-order valence-corrected chi connectivity index (χ0v) is 6.41. The van der Waals surface area contributed by atoms with Crippen LogP contribution in [0, 0.1) is 11.3 Å². The van der Waals surface area contributed by atoms with Crippen molar-refractivity contribution in [2.45, 2.75) is 6.42 Å².